The van der Waals surface area contributed by atoms with Gasteiger partial charge in [0.1, 0.15) is 0 Å². The van der Waals surface area contributed by atoms with E-state index < -0.39 is 0 Å². The molecule has 0 aliphatic carbocycles. The van der Waals surface area contributed by atoms with E-state index in [1.807, 2.05) is 24.2 Å². The number of anilines is 1. The fourth-order valence-electron chi connectivity index (χ4n) is 1.52. The van der Waals surface area contributed by atoms with Gasteiger partial charge in [-0.05, 0) is 24.9 Å². The van der Waals surface area contributed by atoms with Crippen LogP contribution in [0, 0.1) is 0 Å². The van der Waals surface area contributed by atoms with E-state index in [9.17, 15) is 0 Å². The molecule has 4 nitrogen and oxygen atoms in total. The average Bonchev–Trinajstić information content (AvgIpc) is 2.74. The Hall–Kier alpha value is -0.680. The van der Waals surface area contributed by atoms with Crippen LogP contribution in [0.2, 0.25) is 0 Å². The van der Waals surface area contributed by atoms with Crippen LogP contribution in [0.4, 0.5) is 5.95 Å². The van der Waals surface area contributed by atoms with E-state index in [1.54, 1.807) is 7.11 Å². The third-order valence-corrected chi connectivity index (χ3v) is 3.46. The van der Waals surface area contributed by atoms with Crippen molar-refractivity contribution in [3.8, 4) is 0 Å². The first-order chi connectivity index (χ1) is 8.27. The van der Waals surface area contributed by atoms with Crippen LogP contribution in [0.1, 0.15) is 20.3 Å². The molecular weight excluding hydrogens is 234 g/mol. The van der Waals surface area contributed by atoms with Gasteiger partial charge < -0.3 is 14.6 Å². The highest BCUT2D eigenvalue weighted by Gasteiger charge is 2.06. The Morgan fingerprint density at radius 2 is 2.41 bits per heavy atom. The zero-order valence-electron chi connectivity index (χ0n) is 11.0. The van der Waals surface area contributed by atoms with E-state index in [4.69, 9.17) is 4.74 Å². The van der Waals surface area contributed by atoms with Crippen molar-refractivity contribution in [2.75, 3.05) is 30.5 Å². The van der Waals surface area contributed by atoms with Crippen molar-refractivity contribution in [2.45, 2.75) is 32.9 Å². The van der Waals surface area contributed by atoms with Gasteiger partial charge in [0.05, 0.1) is 6.61 Å². The Kier molecular flexibility index (Phi) is 7.12. The Labute approximate surface area is 108 Å². The Morgan fingerprint density at radius 1 is 1.59 bits per heavy atom. The number of nitrogens with one attached hydrogen (secondary N) is 1. The van der Waals surface area contributed by atoms with Crippen molar-refractivity contribution in [1.29, 1.82) is 0 Å². The van der Waals surface area contributed by atoms with Gasteiger partial charge in [-0.2, -0.15) is 11.8 Å². The summed E-state index contributed by atoms with van der Waals surface area (Å²) >= 11 is 1.98. The minimum Gasteiger partial charge on any atom is -0.383 e. The molecule has 1 unspecified atom stereocenters. The monoisotopic (exact) mass is 257 g/mol. The Morgan fingerprint density at radius 3 is 3.12 bits per heavy atom. The molecule has 1 atom stereocenters. The van der Waals surface area contributed by atoms with Gasteiger partial charge in [-0.15, -0.1) is 0 Å². The Bertz CT molecular complexity index is 304. The van der Waals surface area contributed by atoms with Gasteiger partial charge in [0, 0.05) is 32.1 Å². The summed E-state index contributed by atoms with van der Waals surface area (Å²) in [4.78, 5) is 4.33. The van der Waals surface area contributed by atoms with E-state index in [0.29, 0.717) is 12.6 Å². The molecule has 0 bridgehead atoms. The summed E-state index contributed by atoms with van der Waals surface area (Å²) in [7, 11) is 1.72. The summed E-state index contributed by atoms with van der Waals surface area (Å²) < 4.78 is 7.17. The molecule has 0 radical (unpaired) electrons. The largest absolute Gasteiger partial charge is 0.383 e. The molecule has 1 N–H and O–H groups in total. The molecule has 0 aliphatic rings. The molecule has 0 aliphatic heterocycles. The fraction of sp³-hybridized carbons (Fsp3) is 0.750. The maximum Gasteiger partial charge on any atom is 0.203 e. The number of aromatic nitrogens is 2. The zero-order valence-corrected chi connectivity index (χ0v) is 11.8. The first kappa shape index (κ1) is 14.4. The van der Waals surface area contributed by atoms with Crippen molar-refractivity contribution in [3.63, 3.8) is 0 Å². The van der Waals surface area contributed by atoms with Crippen molar-refractivity contribution < 1.29 is 4.74 Å². The topological polar surface area (TPSA) is 39.1 Å². The first-order valence-corrected chi connectivity index (χ1v) is 7.27. The Balaban J connectivity index is 2.36. The fourth-order valence-corrected chi connectivity index (χ4v) is 2.33. The lowest BCUT2D eigenvalue weighted by molar-refractivity contribution is 0.187. The maximum atomic E-state index is 5.07. The summed E-state index contributed by atoms with van der Waals surface area (Å²) in [5.41, 5.74) is 0. The average molecular weight is 257 g/mol. The van der Waals surface area contributed by atoms with Gasteiger partial charge in [0.2, 0.25) is 5.95 Å². The number of nitrogens with zero attached hydrogens (tertiary/aromatic N) is 2. The van der Waals surface area contributed by atoms with Gasteiger partial charge in [-0.3, -0.25) is 0 Å². The molecule has 17 heavy (non-hydrogen) atoms. The van der Waals surface area contributed by atoms with Crippen molar-refractivity contribution in [3.05, 3.63) is 12.4 Å². The van der Waals surface area contributed by atoms with E-state index in [0.717, 1.165) is 18.9 Å². The highest BCUT2D eigenvalue weighted by Crippen LogP contribution is 2.10. The van der Waals surface area contributed by atoms with Crippen molar-refractivity contribution in [1.82, 2.24) is 9.55 Å². The van der Waals surface area contributed by atoms with E-state index >= 15 is 0 Å². The van der Waals surface area contributed by atoms with Gasteiger partial charge in [0.25, 0.3) is 0 Å². The molecule has 0 spiro atoms. The normalized spacial score (nSPS) is 12.6. The van der Waals surface area contributed by atoms with Crippen molar-refractivity contribution >= 4 is 17.7 Å². The number of imidazole rings is 1. The number of thioether (sulfide) groups is 1. The molecule has 0 amide bonds. The number of methoxy groups -OCH3 is 1. The van der Waals surface area contributed by atoms with Gasteiger partial charge in [0.15, 0.2) is 0 Å². The quantitative estimate of drug-likeness (QED) is 0.690. The summed E-state index contributed by atoms with van der Waals surface area (Å²) in [6.07, 6.45) is 4.97. The number of hydrogen-bond acceptors (Lipinski definition) is 4. The molecule has 5 heteroatoms. The molecule has 0 fully saturated rings. The lowest BCUT2D eigenvalue weighted by atomic mass is 10.3. The molecular formula is C12H23N3OS. The SMILES string of the molecule is CCSCCC(C)Nc1nccn1CCOC. The van der Waals surface area contributed by atoms with Crippen LogP contribution in [0.25, 0.3) is 0 Å². The standard InChI is InChI=1S/C12H23N3OS/c1-4-17-10-5-11(2)14-12-13-6-7-15(12)8-9-16-3/h6-7,11H,4-5,8-10H2,1-3H3,(H,13,14). The zero-order chi connectivity index (χ0) is 12.5. The molecule has 98 valence electrons. The first-order valence-electron chi connectivity index (χ1n) is 6.12. The van der Waals surface area contributed by atoms with Crippen LogP contribution >= 0.6 is 11.8 Å². The van der Waals surface area contributed by atoms with E-state index in [-0.39, 0.29) is 0 Å². The van der Waals surface area contributed by atoms with Crippen LogP contribution < -0.4 is 5.32 Å². The predicted molar refractivity (Wildman–Crippen MR) is 74.8 cm³/mol. The lowest BCUT2D eigenvalue weighted by Crippen LogP contribution is -2.19. The molecule has 0 saturated carbocycles. The van der Waals surface area contributed by atoms with Gasteiger partial charge in [-0.25, -0.2) is 4.98 Å². The smallest absolute Gasteiger partial charge is 0.203 e. The molecule has 1 aromatic heterocycles. The summed E-state index contributed by atoms with van der Waals surface area (Å²) in [5, 5.41) is 3.44. The van der Waals surface area contributed by atoms with Gasteiger partial charge >= 0.3 is 0 Å². The van der Waals surface area contributed by atoms with Crippen molar-refractivity contribution in [2.24, 2.45) is 0 Å². The number of ether oxygens (including phenoxy) is 1. The van der Waals surface area contributed by atoms with E-state index in [2.05, 4.69) is 28.7 Å². The van der Waals surface area contributed by atoms with Gasteiger partial charge in [-0.1, -0.05) is 6.92 Å². The van der Waals surface area contributed by atoms with Crippen LogP contribution in [-0.4, -0.2) is 40.8 Å². The highest BCUT2D eigenvalue weighted by atomic mass is 32.2. The predicted octanol–water partition coefficient (Wildman–Crippen LogP) is 2.47. The second-order valence-corrected chi connectivity index (χ2v) is 5.36. The van der Waals surface area contributed by atoms with Crippen LogP contribution in [0.15, 0.2) is 12.4 Å². The molecule has 1 rings (SSSR count). The van der Waals surface area contributed by atoms with Crippen LogP contribution in [-0.2, 0) is 11.3 Å². The number of rotatable bonds is 9. The van der Waals surface area contributed by atoms with Crippen LogP contribution in [0.5, 0.6) is 0 Å². The third-order valence-electron chi connectivity index (χ3n) is 2.53. The number of hydrogen-bond donors (Lipinski definition) is 1. The molecule has 0 aromatic carbocycles. The van der Waals surface area contributed by atoms with E-state index in [1.165, 1.54) is 11.5 Å². The third kappa shape index (κ3) is 5.46. The molecule has 1 heterocycles. The lowest BCUT2D eigenvalue weighted by Gasteiger charge is -2.15. The second-order valence-electron chi connectivity index (χ2n) is 3.97. The minimum absolute atomic E-state index is 0.456. The maximum absolute atomic E-state index is 5.07. The summed E-state index contributed by atoms with van der Waals surface area (Å²) in [6.45, 7) is 5.95. The molecule has 0 saturated heterocycles. The summed E-state index contributed by atoms with van der Waals surface area (Å²) in [6, 6.07) is 0.456. The minimum atomic E-state index is 0.456. The molecule has 1 aromatic rings. The second kappa shape index (κ2) is 8.42. The highest BCUT2D eigenvalue weighted by molar-refractivity contribution is 7.99. The summed E-state index contributed by atoms with van der Waals surface area (Å²) in [5.74, 6) is 3.33. The van der Waals surface area contributed by atoms with Crippen LogP contribution in [0.3, 0.4) is 0 Å².